The molecule has 0 heterocycles. The minimum absolute atomic E-state index is 0.285. The van der Waals surface area contributed by atoms with Crippen molar-refractivity contribution in [3.63, 3.8) is 0 Å². The summed E-state index contributed by atoms with van der Waals surface area (Å²) in [5.74, 6) is 0. The Bertz CT molecular complexity index is 429. The number of anilines is 1. The lowest BCUT2D eigenvalue weighted by molar-refractivity contribution is 0.571. The number of benzene rings is 1. The normalized spacial score (nSPS) is 12.3. The van der Waals surface area contributed by atoms with E-state index in [-0.39, 0.29) is 6.04 Å². The molecule has 0 aliphatic heterocycles. The van der Waals surface area contributed by atoms with E-state index >= 15 is 0 Å². The molecule has 1 rings (SSSR count). The van der Waals surface area contributed by atoms with Crippen molar-refractivity contribution in [2.75, 3.05) is 25.0 Å². The maximum absolute atomic E-state index is 6.39. The van der Waals surface area contributed by atoms with Crippen LogP contribution >= 0.6 is 11.6 Å². The molecule has 19 heavy (non-hydrogen) atoms. The number of likely N-dealkylation sites (N-methyl/N-ethyl adjacent to an activating group) is 1. The summed E-state index contributed by atoms with van der Waals surface area (Å²) in [6.07, 6.45) is 1.13. The second-order valence-corrected chi connectivity index (χ2v) is 5.60. The first-order valence-corrected chi connectivity index (χ1v) is 7.21. The Kier molecular flexibility index (Phi) is 6.40. The van der Waals surface area contributed by atoms with Crippen LogP contribution < -0.4 is 10.2 Å². The van der Waals surface area contributed by atoms with E-state index in [9.17, 15) is 0 Å². The van der Waals surface area contributed by atoms with Crippen molar-refractivity contribution >= 4 is 17.3 Å². The van der Waals surface area contributed by atoms with Gasteiger partial charge in [-0.05, 0) is 44.5 Å². The molecule has 1 unspecified atom stereocenters. The summed E-state index contributed by atoms with van der Waals surface area (Å²) in [7, 11) is 2.05. The highest BCUT2D eigenvalue weighted by Gasteiger charge is 2.10. The van der Waals surface area contributed by atoms with Crippen molar-refractivity contribution in [1.82, 2.24) is 5.32 Å². The van der Waals surface area contributed by atoms with E-state index in [4.69, 9.17) is 11.6 Å². The molecule has 0 radical (unpaired) electrons. The minimum atomic E-state index is 0.285. The van der Waals surface area contributed by atoms with E-state index in [1.165, 1.54) is 0 Å². The molecule has 106 valence electrons. The second kappa shape index (κ2) is 7.56. The van der Waals surface area contributed by atoms with Crippen LogP contribution in [-0.2, 0) is 0 Å². The smallest absolute Gasteiger partial charge is 0.0474 e. The molecule has 0 spiro atoms. The van der Waals surface area contributed by atoms with Crippen molar-refractivity contribution in [3.8, 4) is 0 Å². The number of nitrogens with zero attached hydrogens (tertiary/aromatic N) is 1. The number of halogens is 1. The fourth-order valence-corrected chi connectivity index (χ4v) is 2.41. The van der Waals surface area contributed by atoms with Crippen molar-refractivity contribution in [1.29, 1.82) is 0 Å². The molecule has 1 aromatic rings. The zero-order valence-electron chi connectivity index (χ0n) is 12.5. The Labute approximate surface area is 122 Å². The molecule has 2 nitrogen and oxygen atoms in total. The van der Waals surface area contributed by atoms with Gasteiger partial charge in [-0.15, -0.1) is 0 Å². The van der Waals surface area contributed by atoms with Gasteiger partial charge in [-0.25, -0.2) is 0 Å². The van der Waals surface area contributed by atoms with Gasteiger partial charge in [0.25, 0.3) is 0 Å². The molecule has 0 saturated carbocycles. The van der Waals surface area contributed by atoms with Gasteiger partial charge in [0.1, 0.15) is 0 Å². The van der Waals surface area contributed by atoms with Gasteiger partial charge < -0.3 is 10.2 Å². The van der Waals surface area contributed by atoms with Gasteiger partial charge in [-0.2, -0.15) is 0 Å². The molecule has 0 aromatic heterocycles. The maximum atomic E-state index is 6.39. The summed E-state index contributed by atoms with van der Waals surface area (Å²) < 4.78 is 0. The van der Waals surface area contributed by atoms with Crippen LogP contribution in [-0.4, -0.2) is 20.1 Å². The molecule has 0 aliphatic carbocycles. The zero-order valence-corrected chi connectivity index (χ0v) is 13.2. The summed E-state index contributed by atoms with van der Waals surface area (Å²) in [6.45, 7) is 12.1. The number of nitrogens with one attached hydrogen (secondary N) is 1. The largest absolute Gasteiger partial charge is 0.371 e. The highest BCUT2D eigenvalue weighted by Crippen LogP contribution is 2.27. The summed E-state index contributed by atoms with van der Waals surface area (Å²) in [5, 5.41) is 4.28. The molecule has 3 heteroatoms. The average Bonchev–Trinajstić information content (AvgIpc) is 2.34. The van der Waals surface area contributed by atoms with E-state index in [0.717, 1.165) is 41.4 Å². The third kappa shape index (κ3) is 4.88. The molecule has 0 aliphatic rings. The first-order chi connectivity index (χ1) is 8.95. The third-order valence-corrected chi connectivity index (χ3v) is 3.43. The Morgan fingerprint density at radius 1 is 1.47 bits per heavy atom. The van der Waals surface area contributed by atoms with Crippen LogP contribution in [0, 0.1) is 0 Å². The number of hydrogen-bond acceptors (Lipinski definition) is 2. The lowest BCUT2D eigenvalue weighted by Crippen LogP contribution is -2.21. The maximum Gasteiger partial charge on any atom is 0.0474 e. The van der Waals surface area contributed by atoms with E-state index in [2.05, 4.69) is 49.8 Å². The fraction of sp³-hybridized carbons (Fsp3) is 0.500. The molecule has 1 atom stereocenters. The quantitative estimate of drug-likeness (QED) is 0.744. The van der Waals surface area contributed by atoms with Crippen LogP contribution in [0.4, 0.5) is 5.69 Å². The summed E-state index contributed by atoms with van der Waals surface area (Å²) in [4.78, 5) is 2.15. The van der Waals surface area contributed by atoms with Gasteiger partial charge in [0, 0.05) is 30.3 Å². The molecule has 1 aromatic carbocycles. The van der Waals surface area contributed by atoms with Gasteiger partial charge in [-0.3, -0.25) is 0 Å². The number of hydrogen-bond donors (Lipinski definition) is 1. The van der Waals surface area contributed by atoms with Crippen molar-refractivity contribution < 1.29 is 0 Å². The third-order valence-electron chi connectivity index (χ3n) is 3.10. The molecule has 0 bridgehead atoms. The molecule has 1 N–H and O–H groups in total. The topological polar surface area (TPSA) is 15.3 Å². The fourth-order valence-electron chi connectivity index (χ4n) is 2.07. The Balaban J connectivity index is 2.81. The van der Waals surface area contributed by atoms with Gasteiger partial charge in [0.05, 0.1) is 0 Å². The Hall–Kier alpha value is -0.990. The molecule has 0 saturated heterocycles. The van der Waals surface area contributed by atoms with E-state index in [1.807, 2.05) is 13.0 Å². The zero-order chi connectivity index (χ0) is 14.4. The first-order valence-electron chi connectivity index (χ1n) is 6.84. The van der Waals surface area contributed by atoms with Crippen LogP contribution in [0.3, 0.4) is 0 Å². The minimum Gasteiger partial charge on any atom is -0.371 e. The predicted octanol–water partition coefficient (Wildman–Crippen LogP) is 4.41. The van der Waals surface area contributed by atoms with Crippen LogP contribution in [0.2, 0.25) is 5.02 Å². The highest BCUT2D eigenvalue weighted by atomic mass is 35.5. The molecular weight excluding hydrogens is 256 g/mol. The van der Waals surface area contributed by atoms with E-state index in [1.54, 1.807) is 0 Å². The van der Waals surface area contributed by atoms with Crippen molar-refractivity contribution in [2.45, 2.75) is 33.2 Å². The van der Waals surface area contributed by atoms with Crippen molar-refractivity contribution in [3.05, 3.63) is 40.9 Å². The second-order valence-electron chi connectivity index (χ2n) is 5.19. The SMILES string of the molecule is C=C(C)CN(C)c1ccc(C(C)NCCC)c(Cl)c1. The van der Waals surface area contributed by atoms with E-state index < -0.39 is 0 Å². The van der Waals surface area contributed by atoms with Gasteiger partial charge in [0.15, 0.2) is 0 Å². The van der Waals surface area contributed by atoms with Crippen molar-refractivity contribution in [2.24, 2.45) is 0 Å². The van der Waals surface area contributed by atoms with Crippen LogP contribution in [0.1, 0.15) is 38.8 Å². The predicted molar refractivity (Wildman–Crippen MR) is 86.2 cm³/mol. The molecule has 0 amide bonds. The lowest BCUT2D eigenvalue weighted by atomic mass is 10.1. The van der Waals surface area contributed by atoms with Gasteiger partial charge in [0.2, 0.25) is 0 Å². The Morgan fingerprint density at radius 2 is 2.16 bits per heavy atom. The molecular formula is C16H25ClN2. The standard InChI is InChI=1S/C16H25ClN2/c1-6-9-18-13(4)15-8-7-14(10-16(15)17)19(5)11-12(2)3/h7-8,10,13,18H,2,6,9,11H2,1,3-5H3. The first kappa shape index (κ1) is 16.1. The van der Waals surface area contributed by atoms with E-state index in [0.29, 0.717) is 0 Å². The number of rotatable bonds is 7. The van der Waals surface area contributed by atoms with Crippen LogP contribution in [0.25, 0.3) is 0 Å². The highest BCUT2D eigenvalue weighted by molar-refractivity contribution is 6.31. The van der Waals surface area contributed by atoms with Gasteiger partial charge >= 0.3 is 0 Å². The molecule has 0 fully saturated rings. The summed E-state index contributed by atoms with van der Waals surface area (Å²) in [5.41, 5.74) is 3.42. The summed E-state index contributed by atoms with van der Waals surface area (Å²) >= 11 is 6.39. The lowest BCUT2D eigenvalue weighted by Gasteiger charge is -2.22. The summed E-state index contributed by atoms with van der Waals surface area (Å²) in [6, 6.07) is 6.55. The van der Waals surface area contributed by atoms with Crippen LogP contribution in [0.5, 0.6) is 0 Å². The average molecular weight is 281 g/mol. The Morgan fingerprint density at radius 3 is 2.68 bits per heavy atom. The van der Waals surface area contributed by atoms with Gasteiger partial charge in [-0.1, -0.05) is 36.7 Å². The van der Waals surface area contributed by atoms with Crippen LogP contribution in [0.15, 0.2) is 30.4 Å². The monoisotopic (exact) mass is 280 g/mol.